The lowest BCUT2D eigenvalue weighted by Gasteiger charge is -2.18. The van der Waals surface area contributed by atoms with Crippen molar-refractivity contribution in [2.75, 3.05) is 6.54 Å². The molecule has 1 aliphatic rings. The van der Waals surface area contributed by atoms with E-state index in [4.69, 9.17) is 5.11 Å². The summed E-state index contributed by atoms with van der Waals surface area (Å²) in [5.41, 5.74) is -1.32. The summed E-state index contributed by atoms with van der Waals surface area (Å²) in [7, 11) is 0. The zero-order valence-electron chi connectivity index (χ0n) is 8.83. The van der Waals surface area contributed by atoms with E-state index in [9.17, 15) is 9.59 Å². The number of carboxylic acids is 1. The fourth-order valence-electron chi connectivity index (χ4n) is 1.23. The molecule has 2 unspecified atom stereocenters. The van der Waals surface area contributed by atoms with Crippen LogP contribution >= 0.6 is 0 Å². The second-order valence-corrected chi connectivity index (χ2v) is 4.61. The van der Waals surface area contributed by atoms with E-state index in [1.807, 2.05) is 0 Å². The number of aliphatic carboxylic acids is 1. The monoisotopic (exact) mass is 199 g/mol. The maximum absolute atomic E-state index is 11.5. The molecule has 1 fully saturated rings. The highest BCUT2D eigenvalue weighted by atomic mass is 16.4. The summed E-state index contributed by atoms with van der Waals surface area (Å²) in [6.45, 7) is 5.57. The third kappa shape index (κ3) is 2.25. The highest BCUT2D eigenvalue weighted by molar-refractivity contribution is 6.00. The van der Waals surface area contributed by atoms with Crippen LogP contribution in [0, 0.1) is 17.3 Å². The zero-order chi connectivity index (χ0) is 10.9. The SMILES string of the molecule is CC1CC1CNC(=O)C(C)(C)C(=O)O. The summed E-state index contributed by atoms with van der Waals surface area (Å²) in [4.78, 5) is 22.2. The quantitative estimate of drug-likeness (QED) is 0.660. The van der Waals surface area contributed by atoms with Crippen molar-refractivity contribution in [2.45, 2.75) is 27.2 Å². The van der Waals surface area contributed by atoms with Gasteiger partial charge in [-0.1, -0.05) is 6.92 Å². The van der Waals surface area contributed by atoms with Crippen LogP contribution in [-0.4, -0.2) is 23.5 Å². The fraction of sp³-hybridized carbons (Fsp3) is 0.800. The lowest BCUT2D eigenvalue weighted by atomic mass is 9.92. The van der Waals surface area contributed by atoms with E-state index < -0.39 is 17.3 Å². The number of amides is 1. The average molecular weight is 199 g/mol. The predicted molar refractivity (Wildman–Crippen MR) is 51.7 cm³/mol. The normalized spacial score (nSPS) is 25.6. The molecule has 0 radical (unpaired) electrons. The molecule has 0 saturated heterocycles. The Balaban J connectivity index is 2.37. The minimum absolute atomic E-state index is 0.399. The second kappa shape index (κ2) is 3.59. The minimum Gasteiger partial charge on any atom is -0.480 e. The van der Waals surface area contributed by atoms with Crippen molar-refractivity contribution >= 4 is 11.9 Å². The van der Waals surface area contributed by atoms with Crippen LogP contribution in [0.5, 0.6) is 0 Å². The molecule has 0 aromatic heterocycles. The molecule has 0 aliphatic heterocycles. The van der Waals surface area contributed by atoms with E-state index in [2.05, 4.69) is 12.2 Å². The van der Waals surface area contributed by atoms with E-state index >= 15 is 0 Å². The van der Waals surface area contributed by atoms with Gasteiger partial charge in [0.2, 0.25) is 5.91 Å². The van der Waals surface area contributed by atoms with Gasteiger partial charge in [-0.05, 0) is 32.1 Å². The Labute approximate surface area is 83.7 Å². The molecule has 1 aliphatic carbocycles. The number of hydrogen-bond acceptors (Lipinski definition) is 2. The molecule has 80 valence electrons. The van der Waals surface area contributed by atoms with Gasteiger partial charge in [-0.3, -0.25) is 9.59 Å². The average Bonchev–Trinajstić information content (AvgIpc) is 2.77. The summed E-state index contributed by atoms with van der Waals surface area (Å²) in [6, 6.07) is 0. The first-order chi connectivity index (χ1) is 6.35. The van der Waals surface area contributed by atoms with E-state index in [1.165, 1.54) is 13.8 Å². The third-order valence-electron chi connectivity index (χ3n) is 2.90. The van der Waals surface area contributed by atoms with Crippen molar-refractivity contribution in [3.63, 3.8) is 0 Å². The van der Waals surface area contributed by atoms with Crippen LogP contribution in [0.25, 0.3) is 0 Å². The Bertz CT molecular complexity index is 260. The Morgan fingerprint density at radius 1 is 1.50 bits per heavy atom. The molecule has 4 nitrogen and oxygen atoms in total. The maximum atomic E-state index is 11.5. The summed E-state index contributed by atoms with van der Waals surface area (Å²) < 4.78 is 0. The van der Waals surface area contributed by atoms with Crippen LogP contribution in [0.15, 0.2) is 0 Å². The smallest absolute Gasteiger partial charge is 0.318 e. The van der Waals surface area contributed by atoms with Crippen LogP contribution in [0.2, 0.25) is 0 Å². The van der Waals surface area contributed by atoms with Crippen LogP contribution in [-0.2, 0) is 9.59 Å². The highest BCUT2D eigenvalue weighted by Gasteiger charge is 2.38. The van der Waals surface area contributed by atoms with Gasteiger partial charge in [0.05, 0.1) is 0 Å². The fourth-order valence-corrected chi connectivity index (χ4v) is 1.23. The summed E-state index contributed by atoms with van der Waals surface area (Å²) in [6.07, 6.45) is 1.13. The molecule has 2 N–H and O–H groups in total. The molecular formula is C10H17NO3. The molecule has 0 bridgehead atoms. The lowest BCUT2D eigenvalue weighted by molar-refractivity contribution is -0.153. The van der Waals surface area contributed by atoms with Gasteiger partial charge in [0, 0.05) is 6.54 Å². The van der Waals surface area contributed by atoms with Crippen molar-refractivity contribution in [3.05, 3.63) is 0 Å². The van der Waals surface area contributed by atoms with Gasteiger partial charge in [0.1, 0.15) is 5.41 Å². The number of rotatable bonds is 4. The van der Waals surface area contributed by atoms with Crippen LogP contribution in [0.4, 0.5) is 0 Å². The van der Waals surface area contributed by atoms with Crippen LogP contribution in [0.1, 0.15) is 27.2 Å². The van der Waals surface area contributed by atoms with Crippen molar-refractivity contribution in [3.8, 4) is 0 Å². The number of carbonyl (C=O) groups is 2. The first-order valence-electron chi connectivity index (χ1n) is 4.87. The van der Waals surface area contributed by atoms with Gasteiger partial charge in [-0.2, -0.15) is 0 Å². The molecule has 1 saturated carbocycles. The molecular weight excluding hydrogens is 182 g/mol. The van der Waals surface area contributed by atoms with Crippen LogP contribution in [0.3, 0.4) is 0 Å². The van der Waals surface area contributed by atoms with Gasteiger partial charge in [0.25, 0.3) is 0 Å². The molecule has 2 atom stereocenters. The minimum atomic E-state index is -1.32. The molecule has 0 spiro atoms. The van der Waals surface area contributed by atoms with E-state index in [0.717, 1.165) is 6.42 Å². The molecule has 1 rings (SSSR count). The Kier molecular flexibility index (Phi) is 2.83. The number of carboxylic acid groups (broad SMARTS) is 1. The lowest BCUT2D eigenvalue weighted by Crippen LogP contribution is -2.43. The van der Waals surface area contributed by atoms with E-state index in [0.29, 0.717) is 18.4 Å². The summed E-state index contributed by atoms with van der Waals surface area (Å²) in [5.74, 6) is -0.269. The first kappa shape index (κ1) is 11.0. The Hall–Kier alpha value is -1.06. The topological polar surface area (TPSA) is 66.4 Å². The Morgan fingerprint density at radius 3 is 2.36 bits per heavy atom. The molecule has 4 heteroatoms. The van der Waals surface area contributed by atoms with Gasteiger partial charge < -0.3 is 10.4 Å². The van der Waals surface area contributed by atoms with Crippen molar-refractivity contribution in [1.82, 2.24) is 5.32 Å². The highest BCUT2D eigenvalue weighted by Crippen LogP contribution is 2.36. The summed E-state index contributed by atoms with van der Waals surface area (Å²) in [5, 5.41) is 11.5. The predicted octanol–water partition coefficient (Wildman–Crippen LogP) is 0.869. The van der Waals surface area contributed by atoms with Gasteiger partial charge in [-0.15, -0.1) is 0 Å². The van der Waals surface area contributed by atoms with Crippen molar-refractivity contribution in [2.24, 2.45) is 17.3 Å². The molecule has 0 aromatic rings. The first-order valence-corrected chi connectivity index (χ1v) is 4.87. The van der Waals surface area contributed by atoms with Crippen LogP contribution < -0.4 is 5.32 Å². The molecule has 14 heavy (non-hydrogen) atoms. The largest absolute Gasteiger partial charge is 0.480 e. The zero-order valence-corrected chi connectivity index (χ0v) is 8.83. The molecule has 0 aromatic carbocycles. The van der Waals surface area contributed by atoms with E-state index in [1.54, 1.807) is 0 Å². The van der Waals surface area contributed by atoms with E-state index in [-0.39, 0.29) is 0 Å². The summed E-state index contributed by atoms with van der Waals surface area (Å²) >= 11 is 0. The van der Waals surface area contributed by atoms with Crippen molar-refractivity contribution in [1.29, 1.82) is 0 Å². The number of hydrogen-bond donors (Lipinski definition) is 2. The maximum Gasteiger partial charge on any atom is 0.318 e. The van der Waals surface area contributed by atoms with Gasteiger partial charge in [-0.25, -0.2) is 0 Å². The van der Waals surface area contributed by atoms with Crippen molar-refractivity contribution < 1.29 is 14.7 Å². The Morgan fingerprint density at radius 2 is 2.00 bits per heavy atom. The molecule has 1 amide bonds. The van der Waals surface area contributed by atoms with Gasteiger partial charge in [0.15, 0.2) is 0 Å². The number of nitrogens with one attached hydrogen (secondary N) is 1. The molecule has 0 heterocycles. The third-order valence-corrected chi connectivity index (χ3v) is 2.90. The standard InChI is InChI=1S/C10H17NO3/c1-6-4-7(6)5-11-8(12)10(2,3)9(13)14/h6-7H,4-5H2,1-3H3,(H,11,12)(H,13,14). The second-order valence-electron chi connectivity index (χ2n) is 4.61. The number of carbonyl (C=O) groups excluding carboxylic acids is 1. The van der Waals surface area contributed by atoms with Gasteiger partial charge >= 0.3 is 5.97 Å².